The topological polar surface area (TPSA) is 93.7 Å². The van der Waals surface area contributed by atoms with Crippen molar-refractivity contribution in [2.24, 2.45) is 0 Å². The van der Waals surface area contributed by atoms with Gasteiger partial charge in [0.1, 0.15) is 0 Å². The van der Waals surface area contributed by atoms with Gasteiger partial charge in [-0.15, -0.1) is 0 Å². The second-order valence-corrected chi connectivity index (χ2v) is 7.94. The predicted molar refractivity (Wildman–Crippen MR) is 105 cm³/mol. The second kappa shape index (κ2) is 12.1. The minimum absolute atomic E-state index is 0.221. The van der Waals surface area contributed by atoms with E-state index in [1.807, 2.05) is 0 Å². The van der Waals surface area contributed by atoms with Crippen molar-refractivity contribution >= 4 is 32.0 Å². The highest BCUT2D eigenvalue weighted by molar-refractivity contribution is 7.80. The molecule has 0 fully saturated rings. The van der Waals surface area contributed by atoms with Gasteiger partial charge >= 0.3 is 7.60 Å². The zero-order valence-electron chi connectivity index (χ0n) is 15.2. The molecule has 1 aromatic carbocycles. The van der Waals surface area contributed by atoms with Gasteiger partial charge in [-0.25, -0.2) is 0 Å². The number of benzene rings is 1. The van der Waals surface area contributed by atoms with E-state index in [0.29, 0.717) is 49.6 Å². The Hall–Kier alpha value is -1.34. The van der Waals surface area contributed by atoms with E-state index in [1.54, 1.807) is 38.1 Å². The van der Waals surface area contributed by atoms with Crippen LogP contribution in [0.5, 0.6) is 0 Å². The van der Waals surface area contributed by atoms with Crippen LogP contribution in [0.15, 0.2) is 24.3 Å². The average molecular weight is 402 g/mol. The van der Waals surface area contributed by atoms with Gasteiger partial charge in [-0.1, -0.05) is 12.1 Å². The van der Waals surface area contributed by atoms with Crippen molar-refractivity contribution in [2.75, 3.05) is 38.2 Å². The van der Waals surface area contributed by atoms with E-state index in [9.17, 15) is 14.2 Å². The summed E-state index contributed by atoms with van der Waals surface area (Å²) in [7, 11) is -3.11. The first-order chi connectivity index (χ1) is 12.5. The Bertz CT molecular complexity index is 631. The molecule has 26 heavy (non-hydrogen) atoms. The fraction of sp³-hybridized carbons (Fsp3) is 0.529. The van der Waals surface area contributed by atoms with Crippen LogP contribution in [0.2, 0.25) is 0 Å². The number of nitrogens with one attached hydrogen (secondary N) is 2. The van der Waals surface area contributed by atoms with Gasteiger partial charge in [0, 0.05) is 18.8 Å². The first kappa shape index (κ1) is 22.7. The maximum Gasteiger partial charge on any atom is 0.330 e. The molecule has 7 nitrogen and oxygen atoms in total. The number of hydrogen-bond donors (Lipinski definition) is 3. The molecule has 0 aliphatic carbocycles. The first-order valence-electron chi connectivity index (χ1n) is 8.61. The van der Waals surface area contributed by atoms with Gasteiger partial charge < -0.3 is 19.7 Å². The fourth-order valence-corrected chi connectivity index (χ4v) is 4.05. The smallest absolute Gasteiger partial charge is 0.330 e. The van der Waals surface area contributed by atoms with Crippen LogP contribution in [0, 0.1) is 0 Å². The minimum Gasteiger partial charge on any atom is -0.352 e. The average Bonchev–Trinajstić information content (AvgIpc) is 2.63. The van der Waals surface area contributed by atoms with E-state index in [4.69, 9.17) is 9.05 Å². The summed E-state index contributed by atoms with van der Waals surface area (Å²) in [5, 5.41) is 5.43. The number of thiol groups is 1. The van der Waals surface area contributed by atoms with E-state index < -0.39 is 7.60 Å². The van der Waals surface area contributed by atoms with Crippen LogP contribution in [0.4, 0.5) is 0 Å². The van der Waals surface area contributed by atoms with Gasteiger partial charge in [-0.05, 0) is 32.4 Å². The fourth-order valence-electron chi connectivity index (χ4n) is 2.27. The predicted octanol–water partition coefficient (Wildman–Crippen LogP) is 2.73. The summed E-state index contributed by atoms with van der Waals surface area (Å²) in [6, 6.07) is 6.59. The number of amides is 2. The van der Waals surface area contributed by atoms with Crippen LogP contribution in [-0.2, 0) is 13.6 Å². The molecule has 0 saturated carbocycles. The number of rotatable bonds is 12. The third-order valence-corrected chi connectivity index (χ3v) is 5.75. The number of hydrogen-bond acceptors (Lipinski definition) is 6. The maximum atomic E-state index is 12.4. The summed E-state index contributed by atoms with van der Waals surface area (Å²) in [5.74, 6) is -0.161. The second-order valence-electron chi connectivity index (χ2n) is 5.30. The molecule has 0 aromatic heterocycles. The molecule has 0 radical (unpaired) electrons. The van der Waals surface area contributed by atoms with Gasteiger partial charge in [0.2, 0.25) is 0 Å². The Kier molecular flexibility index (Phi) is 10.6. The van der Waals surface area contributed by atoms with Crippen molar-refractivity contribution in [3.05, 3.63) is 35.4 Å². The summed E-state index contributed by atoms with van der Waals surface area (Å²) in [6.07, 6.45) is 0.663. The summed E-state index contributed by atoms with van der Waals surface area (Å²) in [4.78, 5) is 24.5. The number of carbonyl (C=O) groups is 2. The van der Waals surface area contributed by atoms with E-state index >= 15 is 0 Å². The molecule has 2 amide bonds. The van der Waals surface area contributed by atoms with E-state index in [-0.39, 0.29) is 18.0 Å². The largest absolute Gasteiger partial charge is 0.352 e. The molecule has 0 unspecified atom stereocenters. The lowest BCUT2D eigenvalue weighted by molar-refractivity contribution is 0.0920. The van der Waals surface area contributed by atoms with Crippen LogP contribution < -0.4 is 10.6 Å². The minimum atomic E-state index is -3.11. The van der Waals surface area contributed by atoms with E-state index in [1.165, 1.54) is 0 Å². The summed E-state index contributed by atoms with van der Waals surface area (Å²) >= 11 is 4.05. The Morgan fingerprint density at radius 2 is 1.50 bits per heavy atom. The lowest BCUT2D eigenvalue weighted by atomic mass is 10.1. The molecule has 0 bridgehead atoms. The molecule has 146 valence electrons. The third kappa shape index (κ3) is 7.50. The normalized spacial score (nSPS) is 11.2. The molecule has 1 aromatic rings. The molecule has 0 atom stereocenters. The Morgan fingerprint density at radius 1 is 1.00 bits per heavy atom. The van der Waals surface area contributed by atoms with Crippen LogP contribution in [0.25, 0.3) is 0 Å². The van der Waals surface area contributed by atoms with E-state index in [0.717, 1.165) is 0 Å². The summed E-state index contributed by atoms with van der Waals surface area (Å²) < 4.78 is 22.8. The number of carbonyl (C=O) groups excluding carboxylic acids is 2. The monoisotopic (exact) mass is 402 g/mol. The molecule has 0 aliphatic rings. The van der Waals surface area contributed by atoms with Crippen molar-refractivity contribution < 1.29 is 23.2 Å². The van der Waals surface area contributed by atoms with Gasteiger partial charge in [0.25, 0.3) is 11.8 Å². The zero-order valence-corrected chi connectivity index (χ0v) is 17.0. The van der Waals surface area contributed by atoms with Gasteiger partial charge in [-0.3, -0.25) is 14.2 Å². The van der Waals surface area contributed by atoms with Crippen LogP contribution in [0.1, 0.15) is 41.0 Å². The molecule has 0 spiro atoms. The van der Waals surface area contributed by atoms with Crippen LogP contribution in [0.3, 0.4) is 0 Å². The lowest BCUT2D eigenvalue weighted by Gasteiger charge is -2.17. The summed E-state index contributed by atoms with van der Waals surface area (Å²) in [6.45, 7) is 4.83. The molecule has 0 heterocycles. The van der Waals surface area contributed by atoms with E-state index in [2.05, 4.69) is 23.3 Å². The highest BCUT2D eigenvalue weighted by Gasteiger charge is 2.23. The highest BCUT2D eigenvalue weighted by Crippen LogP contribution is 2.48. The van der Waals surface area contributed by atoms with Crippen molar-refractivity contribution in [2.45, 2.75) is 20.3 Å². The molecule has 2 N–H and O–H groups in total. The van der Waals surface area contributed by atoms with Gasteiger partial charge in [0.15, 0.2) is 0 Å². The molecular formula is C17H27N2O5PS. The lowest BCUT2D eigenvalue weighted by Crippen LogP contribution is -2.31. The Morgan fingerprint density at radius 3 is 1.96 bits per heavy atom. The van der Waals surface area contributed by atoms with Crippen LogP contribution >= 0.6 is 20.2 Å². The highest BCUT2D eigenvalue weighted by atomic mass is 32.1. The molecule has 0 aliphatic heterocycles. The Labute approximate surface area is 160 Å². The molecule has 9 heteroatoms. The quantitative estimate of drug-likeness (QED) is 0.284. The molecular weight excluding hydrogens is 375 g/mol. The molecule has 1 rings (SSSR count). The zero-order chi connectivity index (χ0) is 19.4. The van der Waals surface area contributed by atoms with Crippen molar-refractivity contribution in [3.8, 4) is 0 Å². The molecule has 0 saturated heterocycles. The summed E-state index contributed by atoms with van der Waals surface area (Å²) in [5.41, 5.74) is 0.600. The van der Waals surface area contributed by atoms with Crippen molar-refractivity contribution in [1.29, 1.82) is 0 Å². The maximum absolute atomic E-state index is 12.4. The standard InChI is InChI=1S/C17H27N2O5PS/c1-3-23-25(22,24-4-2)12-7-10-18-16(20)14-8-5-6-9-15(14)17(21)19-11-13-26/h5-6,8-9,26H,3-4,7,10-13H2,1-2H3,(H,18,20)(H,19,21). The Balaban J connectivity index is 2.61. The third-order valence-electron chi connectivity index (χ3n) is 3.36. The van der Waals surface area contributed by atoms with Crippen molar-refractivity contribution in [1.82, 2.24) is 10.6 Å². The van der Waals surface area contributed by atoms with Gasteiger partial charge in [0.05, 0.1) is 30.5 Å². The van der Waals surface area contributed by atoms with Crippen molar-refractivity contribution in [3.63, 3.8) is 0 Å². The van der Waals surface area contributed by atoms with Crippen LogP contribution in [-0.4, -0.2) is 50.0 Å². The SMILES string of the molecule is CCOP(=O)(CCCNC(=O)c1ccccc1C(=O)NCCS)OCC. The first-order valence-corrected chi connectivity index (χ1v) is 11.0. The van der Waals surface area contributed by atoms with Gasteiger partial charge in [-0.2, -0.15) is 12.6 Å².